The summed E-state index contributed by atoms with van der Waals surface area (Å²) >= 11 is 7.61. The quantitative estimate of drug-likeness (QED) is 0.702. The van der Waals surface area contributed by atoms with Crippen LogP contribution in [0.25, 0.3) is 0 Å². The van der Waals surface area contributed by atoms with Crippen LogP contribution in [0.2, 0.25) is 4.34 Å². The van der Waals surface area contributed by atoms with Crippen LogP contribution in [0.5, 0.6) is 5.75 Å². The van der Waals surface area contributed by atoms with Crippen molar-refractivity contribution in [3.8, 4) is 5.75 Å². The summed E-state index contributed by atoms with van der Waals surface area (Å²) in [7, 11) is 1.53. The van der Waals surface area contributed by atoms with Gasteiger partial charge in [0, 0.05) is 37.6 Å². The van der Waals surface area contributed by atoms with Crippen LogP contribution in [-0.4, -0.2) is 60.9 Å². The van der Waals surface area contributed by atoms with E-state index in [1.165, 1.54) is 12.0 Å². The molecule has 1 aliphatic heterocycles. The van der Waals surface area contributed by atoms with Gasteiger partial charge >= 0.3 is 0 Å². The summed E-state index contributed by atoms with van der Waals surface area (Å²) in [5.74, 6) is 0.134. The lowest BCUT2D eigenvalue weighted by atomic mass is 10.0. The summed E-state index contributed by atoms with van der Waals surface area (Å²) in [6, 6.07) is 10.4. The molecule has 8 heteroatoms. The second kappa shape index (κ2) is 10.3. The molecule has 2 heterocycles. The summed E-state index contributed by atoms with van der Waals surface area (Å²) in [5, 5.41) is 2.92. The lowest BCUT2D eigenvalue weighted by Crippen LogP contribution is -2.56. The summed E-state index contributed by atoms with van der Waals surface area (Å²) in [4.78, 5) is 31.4. The molecule has 2 amide bonds. The topological polar surface area (TPSA) is 61.9 Å². The predicted molar refractivity (Wildman–Crippen MR) is 120 cm³/mol. The van der Waals surface area contributed by atoms with Crippen LogP contribution in [0, 0.1) is 5.92 Å². The van der Waals surface area contributed by atoms with Crippen molar-refractivity contribution in [2.24, 2.45) is 5.92 Å². The summed E-state index contributed by atoms with van der Waals surface area (Å²) in [6.45, 7) is 7.62. The monoisotopic (exact) mass is 449 g/mol. The van der Waals surface area contributed by atoms with E-state index in [1.54, 1.807) is 29.5 Å². The van der Waals surface area contributed by atoms with Crippen LogP contribution in [-0.2, 0) is 11.3 Å². The van der Waals surface area contributed by atoms with Crippen molar-refractivity contribution in [2.75, 3.05) is 33.3 Å². The van der Waals surface area contributed by atoms with Crippen LogP contribution in [0.1, 0.15) is 29.1 Å². The number of amides is 2. The van der Waals surface area contributed by atoms with Gasteiger partial charge in [-0.25, -0.2) is 0 Å². The zero-order valence-electron chi connectivity index (χ0n) is 17.6. The van der Waals surface area contributed by atoms with Gasteiger partial charge in [-0.3, -0.25) is 14.5 Å². The summed E-state index contributed by atoms with van der Waals surface area (Å²) in [6.07, 6.45) is 0. The lowest BCUT2D eigenvalue weighted by molar-refractivity contribution is -0.136. The van der Waals surface area contributed by atoms with Gasteiger partial charge < -0.3 is 15.0 Å². The zero-order chi connectivity index (χ0) is 21.7. The number of para-hydroxylation sites is 1. The molecule has 1 N–H and O–H groups in total. The van der Waals surface area contributed by atoms with Gasteiger partial charge in [-0.1, -0.05) is 37.6 Å². The number of piperazine rings is 1. The number of hydrogen-bond donors (Lipinski definition) is 1. The molecule has 0 unspecified atom stereocenters. The molecule has 1 aliphatic rings. The van der Waals surface area contributed by atoms with Gasteiger partial charge in [0.15, 0.2) is 0 Å². The van der Waals surface area contributed by atoms with E-state index < -0.39 is 6.04 Å². The van der Waals surface area contributed by atoms with Crippen molar-refractivity contribution in [3.05, 3.63) is 51.2 Å². The van der Waals surface area contributed by atoms with Crippen LogP contribution in [0.4, 0.5) is 0 Å². The summed E-state index contributed by atoms with van der Waals surface area (Å²) < 4.78 is 6.07. The fourth-order valence-electron chi connectivity index (χ4n) is 3.54. The molecule has 1 fully saturated rings. The molecule has 0 bridgehead atoms. The molecular weight excluding hydrogens is 422 g/mol. The second-order valence-electron chi connectivity index (χ2n) is 7.70. The fraction of sp³-hybridized carbons (Fsp3) is 0.455. The fourth-order valence-corrected chi connectivity index (χ4v) is 4.67. The number of thiophene rings is 1. The van der Waals surface area contributed by atoms with Gasteiger partial charge in [0.1, 0.15) is 11.8 Å². The summed E-state index contributed by atoms with van der Waals surface area (Å²) in [5.41, 5.74) is 0.429. The van der Waals surface area contributed by atoms with E-state index in [1.807, 2.05) is 36.9 Å². The minimum atomic E-state index is -0.579. The normalized spacial score (nSPS) is 15.8. The van der Waals surface area contributed by atoms with E-state index >= 15 is 0 Å². The van der Waals surface area contributed by atoms with E-state index in [4.69, 9.17) is 16.3 Å². The van der Waals surface area contributed by atoms with Crippen molar-refractivity contribution in [2.45, 2.75) is 26.4 Å². The molecule has 0 radical (unpaired) electrons. The van der Waals surface area contributed by atoms with Gasteiger partial charge in [0.2, 0.25) is 5.91 Å². The first-order chi connectivity index (χ1) is 14.4. The number of hydrogen-bond acceptors (Lipinski definition) is 5. The molecule has 1 atom stereocenters. The molecule has 3 rings (SSSR count). The van der Waals surface area contributed by atoms with Gasteiger partial charge in [-0.05, 0) is 30.2 Å². The highest BCUT2D eigenvalue weighted by molar-refractivity contribution is 7.16. The van der Waals surface area contributed by atoms with Gasteiger partial charge in [-0.15, -0.1) is 11.3 Å². The van der Waals surface area contributed by atoms with Crippen LogP contribution < -0.4 is 10.1 Å². The molecule has 1 aromatic heterocycles. The Bertz CT molecular complexity index is 878. The van der Waals surface area contributed by atoms with E-state index in [0.717, 1.165) is 24.0 Å². The molecule has 1 aromatic carbocycles. The first-order valence-electron chi connectivity index (χ1n) is 10.1. The van der Waals surface area contributed by atoms with E-state index in [0.29, 0.717) is 24.4 Å². The molecular formula is C22H28ClN3O3S. The Hall–Kier alpha value is -2.09. The number of halogens is 1. The first kappa shape index (κ1) is 22.6. The highest BCUT2D eigenvalue weighted by atomic mass is 35.5. The Morgan fingerprint density at radius 2 is 1.83 bits per heavy atom. The standard InChI is InChI=1S/C22H28ClN3O3S/c1-15(2)20(24-21(27)17-6-4-5-7-18(17)29-3)22(28)26-12-10-25(11-13-26)14-16-8-9-19(23)30-16/h4-9,15,20H,10-14H2,1-3H3,(H,24,27)/t20-/m0/s1. The largest absolute Gasteiger partial charge is 0.496 e. The molecule has 0 aliphatic carbocycles. The minimum Gasteiger partial charge on any atom is -0.496 e. The number of rotatable bonds is 7. The molecule has 162 valence electrons. The number of methoxy groups -OCH3 is 1. The SMILES string of the molecule is COc1ccccc1C(=O)N[C@H](C(=O)N1CCN(Cc2ccc(Cl)s2)CC1)C(C)C. The molecule has 1 saturated heterocycles. The van der Waals surface area contributed by atoms with E-state index in [2.05, 4.69) is 10.2 Å². The highest BCUT2D eigenvalue weighted by Crippen LogP contribution is 2.23. The van der Waals surface area contributed by atoms with Crippen LogP contribution >= 0.6 is 22.9 Å². The Balaban J connectivity index is 1.60. The number of benzene rings is 1. The number of nitrogens with one attached hydrogen (secondary N) is 1. The third-order valence-corrected chi connectivity index (χ3v) is 6.48. The van der Waals surface area contributed by atoms with Crippen molar-refractivity contribution in [3.63, 3.8) is 0 Å². The maximum absolute atomic E-state index is 13.2. The zero-order valence-corrected chi connectivity index (χ0v) is 19.1. The van der Waals surface area contributed by atoms with E-state index in [-0.39, 0.29) is 17.7 Å². The highest BCUT2D eigenvalue weighted by Gasteiger charge is 2.31. The Labute approximate surface area is 186 Å². The third kappa shape index (κ3) is 5.53. The smallest absolute Gasteiger partial charge is 0.255 e. The van der Waals surface area contributed by atoms with Crippen molar-refractivity contribution < 1.29 is 14.3 Å². The molecule has 2 aromatic rings. The predicted octanol–water partition coefficient (Wildman–Crippen LogP) is 3.51. The van der Waals surface area contributed by atoms with Crippen molar-refractivity contribution in [1.29, 1.82) is 0 Å². The average Bonchev–Trinajstić information content (AvgIpc) is 3.16. The lowest BCUT2D eigenvalue weighted by Gasteiger charge is -2.37. The number of nitrogens with zero attached hydrogens (tertiary/aromatic N) is 2. The Morgan fingerprint density at radius 1 is 1.13 bits per heavy atom. The van der Waals surface area contributed by atoms with Crippen LogP contribution in [0.3, 0.4) is 0 Å². The van der Waals surface area contributed by atoms with Gasteiger partial charge in [0.05, 0.1) is 17.0 Å². The molecule has 0 saturated carbocycles. The Morgan fingerprint density at radius 3 is 2.43 bits per heavy atom. The maximum atomic E-state index is 13.2. The number of ether oxygens (including phenoxy) is 1. The van der Waals surface area contributed by atoms with Gasteiger partial charge in [0.25, 0.3) is 5.91 Å². The second-order valence-corrected chi connectivity index (χ2v) is 9.50. The first-order valence-corrected chi connectivity index (χ1v) is 11.3. The Kier molecular flexibility index (Phi) is 7.75. The molecule has 30 heavy (non-hydrogen) atoms. The number of carbonyl (C=O) groups is 2. The maximum Gasteiger partial charge on any atom is 0.255 e. The van der Waals surface area contributed by atoms with E-state index in [9.17, 15) is 9.59 Å². The average molecular weight is 450 g/mol. The minimum absolute atomic E-state index is 0.0255. The van der Waals surface area contributed by atoms with Crippen molar-refractivity contribution in [1.82, 2.24) is 15.1 Å². The van der Waals surface area contributed by atoms with Gasteiger partial charge in [-0.2, -0.15) is 0 Å². The molecule has 6 nitrogen and oxygen atoms in total. The third-order valence-electron chi connectivity index (χ3n) is 5.26. The van der Waals surface area contributed by atoms with Crippen molar-refractivity contribution >= 4 is 34.8 Å². The van der Waals surface area contributed by atoms with Crippen LogP contribution in [0.15, 0.2) is 36.4 Å². The number of carbonyl (C=O) groups excluding carboxylic acids is 2. The molecule has 0 spiro atoms.